The maximum atomic E-state index is 15.1. The van der Waals surface area contributed by atoms with Gasteiger partial charge in [0.1, 0.15) is 5.82 Å². The number of pyridine rings is 1. The fraction of sp³-hybridized carbons (Fsp3) is 0.424. The molecule has 16 heteroatoms. The highest BCUT2D eigenvalue weighted by Gasteiger charge is 2.40. The van der Waals surface area contributed by atoms with Crippen molar-refractivity contribution in [1.29, 1.82) is 0 Å². The van der Waals surface area contributed by atoms with E-state index in [1.54, 1.807) is 29.2 Å². The third-order valence-electron chi connectivity index (χ3n) is 15.1. The Kier molecular flexibility index (Phi) is 17.1. The quantitative estimate of drug-likeness (QED) is 0.0815. The van der Waals surface area contributed by atoms with Crippen LogP contribution in [-0.4, -0.2) is 168 Å². The number of carbonyl (C=O) groups excluding carboxylic acids is 3. The zero-order chi connectivity index (χ0) is 52.5. The number of rotatable bonds is 18. The average molecular weight is 1020 g/mol. The van der Waals surface area contributed by atoms with Crippen molar-refractivity contribution in [2.45, 2.75) is 52.0 Å². The zero-order valence-corrected chi connectivity index (χ0v) is 43.7. The molecule has 2 aromatic heterocycles. The summed E-state index contributed by atoms with van der Waals surface area (Å²) in [5.41, 5.74) is 7.13. The largest absolute Gasteiger partial charge is 0.376 e. The van der Waals surface area contributed by atoms with Crippen molar-refractivity contribution in [2.24, 2.45) is 5.92 Å². The number of aromatic nitrogens is 3. The first-order chi connectivity index (χ1) is 36.4. The Hall–Kier alpha value is -6.85. The zero-order valence-electron chi connectivity index (χ0n) is 43.7. The number of nitrogens with one attached hydrogen (secondary N) is 3. The van der Waals surface area contributed by atoms with Gasteiger partial charge in [-0.1, -0.05) is 85.8 Å². The van der Waals surface area contributed by atoms with E-state index in [-0.39, 0.29) is 22.9 Å². The van der Waals surface area contributed by atoms with E-state index in [1.165, 1.54) is 11.6 Å². The second-order valence-electron chi connectivity index (χ2n) is 20.8. The first kappa shape index (κ1) is 53.0. The molecule has 3 aromatic carbocycles. The number of carbonyl (C=O) groups is 3. The number of fused-ring (bicyclic) bond motifs is 1. The Morgan fingerprint density at radius 1 is 0.840 bits per heavy atom. The van der Waals surface area contributed by atoms with Crippen LogP contribution < -0.4 is 16.2 Å². The van der Waals surface area contributed by atoms with Crippen LogP contribution in [0.1, 0.15) is 71.3 Å². The molecule has 5 aromatic rings. The van der Waals surface area contributed by atoms with Crippen LogP contribution in [0.3, 0.4) is 0 Å². The maximum absolute atomic E-state index is 15.1. The molecule has 75 heavy (non-hydrogen) atoms. The van der Waals surface area contributed by atoms with Crippen LogP contribution in [0.2, 0.25) is 0 Å². The van der Waals surface area contributed by atoms with Crippen LogP contribution >= 0.6 is 0 Å². The molecule has 0 bridgehead atoms. The average Bonchev–Trinajstić information content (AvgIpc) is 3.42. The highest BCUT2D eigenvalue weighted by atomic mass is 19.1. The first-order valence-corrected chi connectivity index (χ1v) is 26.6. The third-order valence-corrected chi connectivity index (χ3v) is 15.1. The summed E-state index contributed by atoms with van der Waals surface area (Å²) >= 11 is 0. The van der Waals surface area contributed by atoms with Crippen molar-refractivity contribution >= 4 is 34.2 Å². The molecule has 0 aliphatic carbocycles. The minimum Gasteiger partial charge on any atom is -0.376 e. The number of benzene rings is 3. The number of nitrogens with zero attached hydrogens (tertiary/aromatic N) is 7. The molecular weight excluding hydrogens is 948 g/mol. The number of H-pyrrole nitrogens is 1. The minimum atomic E-state index is -0.603. The number of amides is 3. The van der Waals surface area contributed by atoms with E-state index < -0.39 is 17.3 Å². The number of allylic oxidation sites excluding steroid dienone is 3. The van der Waals surface area contributed by atoms with Crippen molar-refractivity contribution in [1.82, 2.24) is 45.0 Å². The molecule has 394 valence electrons. The number of piperazine rings is 2. The van der Waals surface area contributed by atoms with Crippen molar-refractivity contribution < 1.29 is 23.5 Å². The fourth-order valence-corrected chi connectivity index (χ4v) is 10.8. The Labute approximate surface area is 439 Å². The highest BCUT2D eigenvalue weighted by Crippen LogP contribution is 2.31. The summed E-state index contributed by atoms with van der Waals surface area (Å²) in [5, 5.41) is 15.4. The molecule has 3 amide bonds. The molecule has 0 radical (unpaired) electrons. The molecule has 4 aliphatic rings. The molecule has 0 unspecified atom stereocenters. The Balaban J connectivity index is 0.739. The van der Waals surface area contributed by atoms with Gasteiger partial charge in [0.05, 0.1) is 47.6 Å². The van der Waals surface area contributed by atoms with Gasteiger partial charge in [0.25, 0.3) is 17.4 Å². The molecule has 0 spiro atoms. The molecule has 9 rings (SSSR count). The maximum Gasteiger partial charge on any atom is 0.274 e. The number of aryl methyl sites for hydroxylation is 1. The van der Waals surface area contributed by atoms with Gasteiger partial charge >= 0.3 is 0 Å². The van der Waals surface area contributed by atoms with Gasteiger partial charge in [-0.2, -0.15) is 5.10 Å². The highest BCUT2D eigenvalue weighted by molar-refractivity contribution is 5.99. The number of aromatic amines is 1. The number of anilines is 1. The summed E-state index contributed by atoms with van der Waals surface area (Å²) in [4.78, 5) is 68.9. The van der Waals surface area contributed by atoms with E-state index in [0.717, 1.165) is 74.3 Å². The predicted octanol–water partition coefficient (Wildman–Crippen LogP) is 6.58. The van der Waals surface area contributed by atoms with Crippen LogP contribution in [0.4, 0.5) is 10.1 Å². The standard InChI is InChI=1S/C59H71FN10O5/c1-5-10-45(29-41(3)4)34-61-38-59(39-75-40-59)63-53-33-47(46-12-9-11-42(6-2)30-46)35-62-55(53)58(74)70-23-21-67(22-24-70)36-43-17-19-66(20-18-43)37-54(71)68-25-27-69(28-26-68)57(73)50-31-44(15-16-51(50)60)32-52-48-13-7-8-14-49(48)56(72)65-64-52/h5,7-16,29-31,33,35,43,61,63H,3,6,17-28,32,34,36-40H2,1-2,4H3,(H,65,72)/b10-5-,45-29+. The summed E-state index contributed by atoms with van der Waals surface area (Å²) in [6, 6.07) is 22.2. The van der Waals surface area contributed by atoms with Crippen molar-refractivity contribution in [2.75, 3.05) is 110 Å². The van der Waals surface area contributed by atoms with E-state index in [9.17, 15) is 19.2 Å². The van der Waals surface area contributed by atoms with Crippen LogP contribution in [0.15, 0.2) is 120 Å². The molecule has 0 saturated carbocycles. The number of halogens is 1. The minimum absolute atomic E-state index is 0.0195. The number of piperidine rings is 1. The van der Waals surface area contributed by atoms with Gasteiger partial charge in [0.15, 0.2) is 5.69 Å². The molecule has 0 atom stereocenters. The summed E-state index contributed by atoms with van der Waals surface area (Å²) in [5.74, 6) is -0.550. The fourth-order valence-electron chi connectivity index (χ4n) is 10.8. The summed E-state index contributed by atoms with van der Waals surface area (Å²) in [6.07, 6.45) is 11.2. The van der Waals surface area contributed by atoms with E-state index in [4.69, 9.17) is 9.72 Å². The summed E-state index contributed by atoms with van der Waals surface area (Å²) in [7, 11) is 0. The lowest BCUT2D eigenvalue weighted by atomic mass is 9.95. The van der Waals surface area contributed by atoms with Crippen molar-refractivity contribution in [3.8, 4) is 11.1 Å². The Morgan fingerprint density at radius 2 is 1.56 bits per heavy atom. The Bertz CT molecular complexity index is 3000. The molecule has 4 saturated heterocycles. The van der Waals surface area contributed by atoms with E-state index in [2.05, 4.69) is 86.6 Å². The molecule has 6 heterocycles. The van der Waals surface area contributed by atoms with Gasteiger partial charge in [0.2, 0.25) is 5.91 Å². The van der Waals surface area contributed by atoms with E-state index in [1.807, 2.05) is 48.1 Å². The second-order valence-corrected chi connectivity index (χ2v) is 20.8. The lowest BCUT2D eigenvalue weighted by molar-refractivity contribution is -0.134. The van der Waals surface area contributed by atoms with Crippen molar-refractivity contribution in [3.63, 3.8) is 0 Å². The van der Waals surface area contributed by atoms with E-state index >= 15 is 4.39 Å². The lowest BCUT2D eigenvalue weighted by Gasteiger charge is -2.43. The van der Waals surface area contributed by atoms with Gasteiger partial charge in [0, 0.05) is 95.6 Å². The predicted molar refractivity (Wildman–Crippen MR) is 292 cm³/mol. The summed E-state index contributed by atoms with van der Waals surface area (Å²) in [6.45, 7) is 19.6. The molecule has 4 aliphatic heterocycles. The summed E-state index contributed by atoms with van der Waals surface area (Å²) < 4.78 is 20.9. The lowest BCUT2D eigenvalue weighted by Crippen LogP contribution is -2.62. The smallest absolute Gasteiger partial charge is 0.274 e. The van der Waals surface area contributed by atoms with Crippen molar-refractivity contribution in [3.05, 3.63) is 159 Å². The van der Waals surface area contributed by atoms with Gasteiger partial charge in [-0.25, -0.2) is 14.5 Å². The van der Waals surface area contributed by atoms with Crippen LogP contribution in [0, 0.1) is 11.7 Å². The molecule has 4 fully saturated rings. The van der Waals surface area contributed by atoms with Gasteiger partial charge < -0.3 is 30.1 Å². The number of hydrogen-bond acceptors (Lipinski definition) is 11. The normalized spacial score (nSPS) is 17.9. The molecule has 15 nitrogen and oxygen atoms in total. The van der Waals surface area contributed by atoms with Gasteiger partial charge in [-0.3, -0.25) is 29.0 Å². The Morgan fingerprint density at radius 3 is 2.27 bits per heavy atom. The number of hydrogen-bond donors (Lipinski definition) is 3. The van der Waals surface area contributed by atoms with E-state index in [0.29, 0.717) is 118 Å². The van der Waals surface area contributed by atoms with Crippen LogP contribution in [-0.2, 0) is 22.4 Å². The van der Waals surface area contributed by atoms with Gasteiger partial charge in [-0.05, 0) is 98.6 Å². The molecular formula is C59H71FN10O5. The number of ether oxygens (including phenoxy) is 1. The van der Waals surface area contributed by atoms with Crippen LogP contribution in [0.25, 0.3) is 21.9 Å². The monoisotopic (exact) mass is 1020 g/mol. The third kappa shape index (κ3) is 13.0. The first-order valence-electron chi connectivity index (χ1n) is 26.6. The second kappa shape index (κ2) is 24.2. The number of likely N-dealkylation sites (tertiary alicyclic amines) is 1. The SMILES string of the molecule is C=C(C)/C=C(\C=C/C)CNCC1(Nc2cc(-c3cccc(CC)c3)cnc2C(=O)N2CCN(CC3CCN(CC(=O)N4CCN(C(=O)c5cc(Cc6n[nH]c(=O)c7ccccc67)ccc5F)CC4)CC3)CC2)COC1. The molecule has 3 N–H and O–H groups in total. The topological polar surface area (TPSA) is 159 Å². The van der Waals surface area contributed by atoms with Gasteiger partial charge in [-0.15, -0.1) is 0 Å². The van der Waals surface area contributed by atoms with Crippen LogP contribution in [0.5, 0.6) is 0 Å².